The van der Waals surface area contributed by atoms with E-state index in [1.54, 1.807) is 44.6 Å². The molecule has 0 unspecified atom stereocenters. The second-order valence-corrected chi connectivity index (χ2v) is 8.63. The Balaban J connectivity index is 1.75. The molecule has 3 rings (SSSR count). The van der Waals surface area contributed by atoms with E-state index in [-0.39, 0.29) is 5.91 Å². The highest BCUT2D eigenvalue weighted by molar-refractivity contribution is 7.92. The van der Waals surface area contributed by atoms with Gasteiger partial charge in [-0.1, -0.05) is 12.1 Å². The van der Waals surface area contributed by atoms with Gasteiger partial charge in [-0.15, -0.1) is 0 Å². The van der Waals surface area contributed by atoms with Gasteiger partial charge in [0.25, 0.3) is 0 Å². The number of amides is 1. The minimum absolute atomic E-state index is 0.318. The summed E-state index contributed by atoms with van der Waals surface area (Å²) in [6.45, 7) is 0.447. The Morgan fingerprint density at radius 1 is 1.10 bits per heavy atom. The smallest absolute Gasteiger partial charge is 0.248 e. The van der Waals surface area contributed by atoms with Crippen LogP contribution in [0.2, 0.25) is 0 Å². The van der Waals surface area contributed by atoms with Crippen LogP contribution < -0.4 is 19.1 Å². The monoisotopic (exact) mass is 416 g/mol. The number of hydrogen-bond donors (Lipinski definition) is 1. The number of benzene rings is 2. The standard InChI is InChI=1S/C21H24N2O5S/c1-27-19-10-6-15(13-20(19)28-2)7-11-21(24)22-17-9-8-16-5-4-12-23(18(16)14-17)29(3,25)26/h6-11,13-14H,4-5,12H2,1-3H3,(H,22,24)/b11-7+. The number of hydrogen-bond acceptors (Lipinski definition) is 5. The second kappa shape index (κ2) is 8.57. The minimum Gasteiger partial charge on any atom is -0.493 e. The third-order valence-corrected chi connectivity index (χ3v) is 5.84. The zero-order valence-corrected chi connectivity index (χ0v) is 17.5. The Kier molecular flexibility index (Phi) is 6.12. The van der Waals surface area contributed by atoms with Crippen LogP contribution in [0.5, 0.6) is 11.5 Å². The van der Waals surface area contributed by atoms with E-state index in [9.17, 15) is 13.2 Å². The number of methoxy groups -OCH3 is 2. The van der Waals surface area contributed by atoms with Crippen LogP contribution in [0, 0.1) is 0 Å². The average Bonchev–Trinajstić information content (AvgIpc) is 2.70. The molecule has 0 saturated heterocycles. The Morgan fingerprint density at radius 3 is 2.55 bits per heavy atom. The molecule has 0 aromatic heterocycles. The Bertz CT molecular complexity index is 1050. The van der Waals surface area contributed by atoms with Crippen LogP contribution >= 0.6 is 0 Å². The highest BCUT2D eigenvalue weighted by Crippen LogP contribution is 2.32. The van der Waals surface area contributed by atoms with Crippen molar-refractivity contribution >= 4 is 33.4 Å². The van der Waals surface area contributed by atoms with Gasteiger partial charge in [-0.05, 0) is 54.3 Å². The first-order chi connectivity index (χ1) is 13.8. The summed E-state index contributed by atoms with van der Waals surface area (Å²) >= 11 is 0. The lowest BCUT2D eigenvalue weighted by Gasteiger charge is -2.29. The fourth-order valence-electron chi connectivity index (χ4n) is 3.28. The zero-order chi connectivity index (χ0) is 21.0. The van der Waals surface area contributed by atoms with Crippen molar-refractivity contribution in [1.29, 1.82) is 0 Å². The predicted octanol–water partition coefficient (Wildman–Crippen LogP) is 3.07. The van der Waals surface area contributed by atoms with Gasteiger partial charge in [0.15, 0.2) is 11.5 Å². The van der Waals surface area contributed by atoms with E-state index in [1.807, 2.05) is 12.1 Å². The number of sulfonamides is 1. The fourth-order valence-corrected chi connectivity index (χ4v) is 4.26. The number of nitrogens with one attached hydrogen (secondary N) is 1. The SMILES string of the molecule is COc1ccc(/C=C/C(=O)Nc2ccc3c(c2)N(S(C)(=O)=O)CCC3)cc1OC. The van der Waals surface area contributed by atoms with Crippen molar-refractivity contribution in [2.24, 2.45) is 0 Å². The first-order valence-corrected chi connectivity index (χ1v) is 11.0. The van der Waals surface area contributed by atoms with Crippen molar-refractivity contribution in [3.05, 3.63) is 53.6 Å². The molecule has 1 aliphatic heterocycles. The largest absolute Gasteiger partial charge is 0.493 e. The summed E-state index contributed by atoms with van der Waals surface area (Å²) in [6, 6.07) is 10.7. The molecule has 0 atom stereocenters. The summed E-state index contributed by atoms with van der Waals surface area (Å²) < 4.78 is 35.9. The van der Waals surface area contributed by atoms with E-state index in [4.69, 9.17) is 9.47 Å². The molecule has 1 aliphatic rings. The fraction of sp³-hybridized carbons (Fsp3) is 0.286. The van der Waals surface area contributed by atoms with E-state index in [2.05, 4.69) is 5.32 Å². The lowest BCUT2D eigenvalue weighted by atomic mass is 10.0. The molecular formula is C21H24N2O5S. The van der Waals surface area contributed by atoms with E-state index >= 15 is 0 Å². The summed E-state index contributed by atoms with van der Waals surface area (Å²) in [5, 5.41) is 2.78. The van der Waals surface area contributed by atoms with Crippen molar-refractivity contribution < 1.29 is 22.7 Å². The molecule has 7 nitrogen and oxygen atoms in total. The Labute approximate surface area is 171 Å². The van der Waals surface area contributed by atoms with Crippen LogP contribution in [-0.4, -0.2) is 41.3 Å². The molecule has 154 valence electrons. The summed E-state index contributed by atoms with van der Waals surface area (Å²) in [6.07, 6.45) is 5.86. The maximum Gasteiger partial charge on any atom is 0.248 e. The third-order valence-electron chi connectivity index (χ3n) is 4.66. The van der Waals surface area contributed by atoms with Gasteiger partial charge in [0.1, 0.15) is 0 Å². The van der Waals surface area contributed by atoms with Gasteiger partial charge < -0.3 is 14.8 Å². The number of carbonyl (C=O) groups is 1. The molecular weight excluding hydrogens is 392 g/mol. The van der Waals surface area contributed by atoms with Gasteiger partial charge in [0.2, 0.25) is 15.9 Å². The molecule has 0 aliphatic carbocycles. The van der Waals surface area contributed by atoms with Crippen molar-refractivity contribution in [1.82, 2.24) is 0 Å². The summed E-state index contributed by atoms with van der Waals surface area (Å²) in [5.74, 6) is 0.866. The van der Waals surface area contributed by atoms with Crippen LogP contribution in [0.3, 0.4) is 0 Å². The first-order valence-electron chi connectivity index (χ1n) is 9.13. The highest BCUT2D eigenvalue weighted by atomic mass is 32.2. The molecule has 1 N–H and O–H groups in total. The zero-order valence-electron chi connectivity index (χ0n) is 16.6. The number of nitrogens with zero attached hydrogens (tertiary/aromatic N) is 1. The summed E-state index contributed by atoms with van der Waals surface area (Å²) in [5.41, 5.74) is 2.91. The van der Waals surface area contributed by atoms with Crippen LogP contribution in [-0.2, 0) is 21.2 Å². The van der Waals surface area contributed by atoms with E-state index in [0.29, 0.717) is 29.4 Å². The molecule has 2 aromatic rings. The number of fused-ring (bicyclic) bond motifs is 1. The maximum atomic E-state index is 12.3. The van der Waals surface area contributed by atoms with Crippen LogP contribution in [0.15, 0.2) is 42.5 Å². The first kappa shape index (κ1) is 20.7. The normalized spacial score (nSPS) is 13.8. The van der Waals surface area contributed by atoms with Crippen molar-refractivity contribution in [3.63, 3.8) is 0 Å². The van der Waals surface area contributed by atoms with Gasteiger partial charge in [-0.3, -0.25) is 9.10 Å². The maximum absolute atomic E-state index is 12.3. The van der Waals surface area contributed by atoms with E-state index < -0.39 is 10.0 Å². The molecule has 2 aromatic carbocycles. The number of aryl methyl sites for hydroxylation is 1. The van der Waals surface area contributed by atoms with Crippen molar-refractivity contribution in [2.45, 2.75) is 12.8 Å². The van der Waals surface area contributed by atoms with Crippen molar-refractivity contribution in [3.8, 4) is 11.5 Å². The van der Waals surface area contributed by atoms with Crippen LogP contribution in [0.1, 0.15) is 17.5 Å². The van der Waals surface area contributed by atoms with Gasteiger partial charge in [0.05, 0.1) is 26.2 Å². The lowest BCUT2D eigenvalue weighted by Crippen LogP contribution is -2.34. The van der Waals surface area contributed by atoms with Gasteiger partial charge in [0, 0.05) is 18.3 Å². The molecule has 0 saturated carbocycles. The molecule has 0 radical (unpaired) electrons. The number of carbonyl (C=O) groups excluding carboxylic acids is 1. The Morgan fingerprint density at radius 2 is 1.86 bits per heavy atom. The highest BCUT2D eigenvalue weighted by Gasteiger charge is 2.24. The van der Waals surface area contributed by atoms with Crippen LogP contribution in [0.25, 0.3) is 6.08 Å². The van der Waals surface area contributed by atoms with Gasteiger partial charge in [-0.25, -0.2) is 8.42 Å². The summed E-state index contributed by atoms with van der Waals surface area (Å²) in [7, 11) is -0.249. The molecule has 8 heteroatoms. The Hall–Kier alpha value is -3.00. The topological polar surface area (TPSA) is 84.9 Å². The minimum atomic E-state index is -3.36. The van der Waals surface area contributed by atoms with E-state index in [0.717, 1.165) is 24.0 Å². The number of anilines is 2. The molecule has 0 bridgehead atoms. The quantitative estimate of drug-likeness (QED) is 0.732. The average molecular weight is 416 g/mol. The van der Waals surface area contributed by atoms with E-state index in [1.165, 1.54) is 16.6 Å². The molecule has 1 amide bonds. The molecule has 0 spiro atoms. The van der Waals surface area contributed by atoms with Crippen molar-refractivity contribution in [2.75, 3.05) is 36.6 Å². The van der Waals surface area contributed by atoms with Gasteiger partial charge >= 0.3 is 0 Å². The molecule has 29 heavy (non-hydrogen) atoms. The van der Waals surface area contributed by atoms with Crippen LogP contribution in [0.4, 0.5) is 11.4 Å². The predicted molar refractivity (Wildman–Crippen MR) is 114 cm³/mol. The summed E-state index contributed by atoms with van der Waals surface area (Å²) in [4.78, 5) is 12.3. The number of ether oxygens (including phenoxy) is 2. The second-order valence-electron chi connectivity index (χ2n) is 6.72. The molecule has 1 heterocycles. The lowest BCUT2D eigenvalue weighted by molar-refractivity contribution is -0.111. The van der Waals surface area contributed by atoms with Gasteiger partial charge in [-0.2, -0.15) is 0 Å². The third kappa shape index (κ3) is 4.89. The number of rotatable bonds is 6. The molecule has 0 fully saturated rings.